The maximum absolute atomic E-state index is 11.2. The highest BCUT2D eigenvalue weighted by Crippen LogP contribution is 2.34. The van der Waals surface area contributed by atoms with Gasteiger partial charge in [-0.25, -0.2) is 0 Å². The number of aromatic amines is 1. The zero-order chi connectivity index (χ0) is 14.0. The molecule has 0 spiro atoms. The van der Waals surface area contributed by atoms with E-state index in [-0.39, 0.29) is 5.97 Å². The molecule has 1 aromatic heterocycles. The number of ether oxygens (including phenoxy) is 1. The summed E-state index contributed by atoms with van der Waals surface area (Å²) in [6, 6.07) is 3.70. The molecule has 0 bridgehead atoms. The normalized spacial score (nSPS) is 11.2. The number of hydrogen-bond acceptors (Lipinski definition) is 3. The molecule has 0 saturated carbocycles. The van der Waals surface area contributed by atoms with E-state index in [4.69, 9.17) is 4.74 Å². The molecule has 0 aliphatic rings. The van der Waals surface area contributed by atoms with E-state index in [0.29, 0.717) is 5.75 Å². The van der Waals surface area contributed by atoms with Gasteiger partial charge in [-0.3, -0.25) is 4.79 Å². The molecule has 4 nitrogen and oxygen atoms in total. The number of carbonyl (C=O) groups is 1. The lowest BCUT2D eigenvalue weighted by molar-refractivity contribution is -0.131. The SMILES string of the molecule is CC(=O)Oc1ccc(Br)c2[nH]cc(CCN(C)C)c12. The highest BCUT2D eigenvalue weighted by Gasteiger charge is 2.13. The number of nitrogens with one attached hydrogen (secondary N) is 1. The Labute approximate surface area is 120 Å². The first-order valence-electron chi connectivity index (χ1n) is 6.10. The second-order valence-corrected chi connectivity index (χ2v) is 5.61. The average molecular weight is 325 g/mol. The van der Waals surface area contributed by atoms with Gasteiger partial charge in [-0.15, -0.1) is 0 Å². The van der Waals surface area contributed by atoms with Gasteiger partial charge in [0, 0.05) is 29.5 Å². The molecule has 1 heterocycles. The summed E-state index contributed by atoms with van der Waals surface area (Å²) in [5.41, 5.74) is 2.12. The van der Waals surface area contributed by atoms with Crippen LogP contribution >= 0.6 is 15.9 Å². The molecule has 1 N–H and O–H groups in total. The van der Waals surface area contributed by atoms with Gasteiger partial charge in [0.1, 0.15) is 5.75 Å². The summed E-state index contributed by atoms with van der Waals surface area (Å²) >= 11 is 3.51. The molecule has 0 fully saturated rings. The van der Waals surface area contributed by atoms with Crippen molar-refractivity contribution in [3.8, 4) is 5.75 Å². The minimum absolute atomic E-state index is 0.302. The smallest absolute Gasteiger partial charge is 0.308 e. The van der Waals surface area contributed by atoms with Gasteiger partial charge in [0.05, 0.1) is 5.52 Å². The second-order valence-electron chi connectivity index (χ2n) is 4.76. The van der Waals surface area contributed by atoms with Crippen molar-refractivity contribution < 1.29 is 9.53 Å². The highest BCUT2D eigenvalue weighted by molar-refractivity contribution is 9.10. The molecule has 2 rings (SSSR count). The molecule has 2 aromatic rings. The molecule has 0 atom stereocenters. The first kappa shape index (κ1) is 14.1. The van der Waals surface area contributed by atoms with E-state index in [9.17, 15) is 4.79 Å². The Morgan fingerprint density at radius 1 is 1.42 bits per heavy atom. The molecule has 0 aliphatic carbocycles. The summed E-state index contributed by atoms with van der Waals surface area (Å²) in [6.45, 7) is 2.36. The fraction of sp³-hybridized carbons (Fsp3) is 0.357. The quantitative estimate of drug-likeness (QED) is 0.694. The third kappa shape index (κ3) is 3.16. The molecule has 19 heavy (non-hydrogen) atoms. The van der Waals surface area contributed by atoms with Crippen LogP contribution in [0.2, 0.25) is 0 Å². The topological polar surface area (TPSA) is 45.3 Å². The Hall–Kier alpha value is -1.33. The number of H-pyrrole nitrogens is 1. The van der Waals surface area contributed by atoms with Crippen LogP contribution in [0.5, 0.6) is 5.75 Å². The fourth-order valence-corrected chi connectivity index (χ4v) is 2.48. The van der Waals surface area contributed by atoms with Crippen LogP contribution in [0.25, 0.3) is 10.9 Å². The van der Waals surface area contributed by atoms with Gasteiger partial charge < -0.3 is 14.6 Å². The Balaban J connectivity index is 2.47. The first-order chi connectivity index (χ1) is 8.99. The van der Waals surface area contributed by atoms with Gasteiger partial charge >= 0.3 is 5.97 Å². The maximum atomic E-state index is 11.2. The number of likely N-dealkylation sites (N-methyl/N-ethyl adjacent to an activating group) is 1. The van der Waals surface area contributed by atoms with Gasteiger partial charge in [0.15, 0.2) is 0 Å². The number of fused-ring (bicyclic) bond motifs is 1. The number of benzene rings is 1. The molecule has 102 valence electrons. The Kier molecular flexibility index (Phi) is 4.27. The molecule has 5 heteroatoms. The lowest BCUT2D eigenvalue weighted by atomic mass is 10.1. The molecule has 0 amide bonds. The zero-order valence-electron chi connectivity index (χ0n) is 11.3. The average Bonchev–Trinajstić information content (AvgIpc) is 2.74. The second kappa shape index (κ2) is 5.75. The molecule has 0 aliphatic heterocycles. The van der Waals surface area contributed by atoms with Crippen LogP contribution in [-0.4, -0.2) is 36.5 Å². The fourth-order valence-electron chi connectivity index (χ4n) is 2.03. The molecular formula is C14H17BrN2O2. The number of carbonyl (C=O) groups excluding carboxylic acids is 1. The maximum Gasteiger partial charge on any atom is 0.308 e. The van der Waals surface area contributed by atoms with Crippen molar-refractivity contribution in [2.75, 3.05) is 20.6 Å². The Bertz CT molecular complexity index is 605. The Morgan fingerprint density at radius 2 is 2.16 bits per heavy atom. The van der Waals surface area contributed by atoms with E-state index in [1.807, 2.05) is 32.4 Å². The number of nitrogens with zero attached hydrogens (tertiary/aromatic N) is 1. The van der Waals surface area contributed by atoms with E-state index in [2.05, 4.69) is 25.8 Å². The first-order valence-corrected chi connectivity index (χ1v) is 6.90. The van der Waals surface area contributed by atoms with Gasteiger partial charge in [0.2, 0.25) is 0 Å². The number of aromatic nitrogens is 1. The van der Waals surface area contributed by atoms with Crippen LogP contribution in [0.1, 0.15) is 12.5 Å². The third-order valence-electron chi connectivity index (χ3n) is 2.91. The molecule has 0 saturated heterocycles. The van der Waals surface area contributed by atoms with E-state index in [1.54, 1.807) is 0 Å². The number of esters is 1. The van der Waals surface area contributed by atoms with Crippen LogP contribution in [0, 0.1) is 0 Å². The van der Waals surface area contributed by atoms with Crippen molar-refractivity contribution in [3.63, 3.8) is 0 Å². The lowest BCUT2D eigenvalue weighted by Crippen LogP contribution is -2.15. The monoisotopic (exact) mass is 324 g/mol. The summed E-state index contributed by atoms with van der Waals surface area (Å²) in [7, 11) is 4.08. The molecule has 0 unspecified atom stereocenters. The van der Waals surface area contributed by atoms with E-state index < -0.39 is 0 Å². The van der Waals surface area contributed by atoms with E-state index in [0.717, 1.165) is 33.9 Å². The van der Waals surface area contributed by atoms with Crippen molar-refractivity contribution in [2.45, 2.75) is 13.3 Å². The summed E-state index contributed by atoms with van der Waals surface area (Å²) in [5, 5.41) is 0.978. The number of hydrogen-bond donors (Lipinski definition) is 1. The van der Waals surface area contributed by atoms with Crippen LogP contribution < -0.4 is 4.74 Å². The van der Waals surface area contributed by atoms with Gasteiger partial charge in [-0.1, -0.05) is 0 Å². The van der Waals surface area contributed by atoms with Crippen molar-refractivity contribution in [1.82, 2.24) is 9.88 Å². The Morgan fingerprint density at radius 3 is 2.79 bits per heavy atom. The minimum atomic E-state index is -0.302. The van der Waals surface area contributed by atoms with Crippen LogP contribution in [0.15, 0.2) is 22.8 Å². The largest absolute Gasteiger partial charge is 0.426 e. The van der Waals surface area contributed by atoms with E-state index in [1.165, 1.54) is 6.92 Å². The third-order valence-corrected chi connectivity index (χ3v) is 3.57. The zero-order valence-corrected chi connectivity index (χ0v) is 12.9. The number of rotatable bonds is 4. The standard InChI is InChI=1S/C14H17BrN2O2/c1-9(18)19-12-5-4-11(15)14-13(12)10(8-16-14)6-7-17(2)3/h4-5,8,16H,6-7H2,1-3H3. The van der Waals surface area contributed by atoms with Crippen LogP contribution in [-0.2, 0) is 11.2 Å². The minimum Gasteiger partial charge on any atom is -0.426 e. The van der Waals surface area contributed by atoms with E-state index >= 15 is 0 Å². The van der Waals surface area contributed by atoms with Gasteiger partial charge in [0.25, 0.3) is 0 Å². The summed E-state index contributed by atoms with van der Waals surface area (Å²) in [6.07, 6.45) is 2.88. The van der Waals surface area contributed by atoms with Crippen LogP contribution in [0.4, 0.5) is 0 Å². The summed E-state index contributed by atoms with van der Waals surface area (Å²) in [5.74, 6) is 0.309. The number of halogens is 1. The van der Waals surface area contributed by atoms with Crippen molar-refractivity contribution in [3.05, 3.63) is 28.4 Å². The highest BCUT2D eigenvalue weighted by atomic mass is 79.9. The summed E-state index contributed by atoms with van der Waals surface area (Å²) < 4.78 is 6.26. The summed E-state index contributed by atoms with van der Waals surface area (Å²) in [4.78, 5) is 16.6. The molecule has 1 aromatic carbocycles. The molecular weight excluding hydrogens is 308 g/mol. The predicted molar refractivity (Wildman–Crippen MR) is 79.6 cm³/mol. The van der Waals surface area contributed by atoms with Crippen molar-refractivity contribution >= 4 is 32.8 Å². The van der Waals surface area contributed by atoms with Gasteiger partial charge in [-0.05, 0) is 54.1 Å². The van der Waals surface area contributed by atoms with Crippen molar-refractivity contribution in [2.24, 2.45) is 0 Å². The lowest BCUT2D eigenvalue weighted by Gasteiger charge is -2.10. The van der Waals surface area contributed by atoms with Gasteiger partial charge in [-0.2, -0.15) is 0 Å². The molecule has 0 radical (unpaired) electrons. The van der Waals surface area contributed by atoms with Crippen LogP contribution in [0.3, 0.4) is 0 Å². The predicted octanol–water partition coefficient (Wildman–Crippen LogP) is 2.96. The van der Waals surface area contributed by atoms with Crippen molar-refractivity contribution in [1.29, 1.82) is 0 Å².